The van der Waals surface area contributed by atoms with Crippen LogP contribution in [0.4, 0.5) is 0 Å². The summed E-state index contributed by atoms with van der Waals surface area (Å²) in [7, 11) is 0. The third-order valence-corrected chi connectivity index (χ3v) is 3.07. The van der Waals surface area contributed by atoms with Gasteiger partial charge in [0.25, 0.3) is 0 Å². The van der Waals surface area contributed by atoms with Crippen LogP contribution in [-0.4, -0.2) is 15.2 Å². The number of hydrogen-bond donors (Lipinski definition) is 0. The second kappa shape index (κ2) is 3.42. The van der Waals surface area contributed by atoms with Crippen molar-refractivity contribution in [3.8, 4) is 0 Å². The molecule has 0 aliphatic rings. The van der Waals surface area contributed by atoms with Gasteiger partial charge in [0.2, 0.25) is 0 Å². The smallest absolute Gasteiger partial charge is 0.178 e. The quantitative estimate of drug-likeness (QED) is 0.595. The molecule has 3 nitrogen and oxygen atoms in total. The molecule has 3 heteroatoms. The van der Waals surface area contributed by atoms with Crippen LogP contribution in [0.3, 0.4) is 0 Å². The van der Waals surface area contributed by atoms with Crippen molar-refractivity contribution in [2.75, 3.05) is 0 Å². The van der Waals surface area contributed by atoms with Gasteiger partial charge in [0.15, 0.2) is 5.78 Å². The number of carbonyl (C=O) groups excluding carboxylic acids is 1. The molecule has 1 aromatic carbocycles. The molecule has 17 heavy (non-hydrogen) atoms. The van der Waals surface area contributed by atoms with E-state index in [0.717, 1.165) is 16.6 Å². The zero-order valence-electron chi connectivity index (χ0n) is 9.77. The fourth-order valence-electron chi connectivity index (χ4n) is 2.24. The monoisotopic (exact) mass is 224 g/mol. The standard InChI is InChI=1S/C14H12N2O/c1-9-7-14-15-8-13(10(2)17)16(14)12-6-4-3-5-11(9)12/h3-8H,1-2H3. The fraction of sp³-hybridized carbons (Fsp3) is 0.143. The lowest BCUT2D eigenvalue weighted by Crippen LogP contribution is -2.00. The Morgan fingerprint density at radius 2 is 2.06 bits per heavy atom. The Labute approximate surface area is 98.7 Å². The highest BCUT2D eigenvalue weighted by Crippen LogP contribution is 2.22. The largest absolute Gasteiger partial charge is 0.293 e. The number of carbonyl (C=O) groups is 1. The predicted molar refractivity (Wildman–Crippen MR) is 67.4 cm³/mol. The Bertz CT molecular complexity index is 740. The first-order valence-corrected chi connectivity index (χ1v) is 5.55. The van der Waals surface area contributed by atoms with Gasteiger partial charge < -0.3 is 0 Å². The lowest BCUT2D eigenvalue weighted by atomic mass is 10.1. The Balaban J connectivity index is 2.59. The number of nitrogens with zero attached hydrogens (tertiary/aromatic N) is 2. The summed E-state index contributed by atoms with van der Waals surface area (Å²) < 4.78 is 1.92. The maximum atomic E-state index is 11.6. The minimum atomic E-state index is 0.0338. The first-order valence-electron chi connectivity index (χ1n) is 5.55. The molecular weight excluding hydrogens is 212 g/mol. The highest BCUT2D eigenvalue weighted by Gasteiger charge is 2.11. The zero-order chi connectivity index (χ0) is 12.0. The molecule has 2 heterocycles. The summed E-state index contributed by atoms with van der Waals surface area (Å²) in [6.07, 6.45) is 1.64. The molecule has 0 saturated heterocycles. The number of pyridine rings is 1. The van der Waals surface area contributed by atoms with Gasteiger partial charge in [0.05, 0.1) is 11.7 Å². The van der Waals surface area contributed by atoms with Crippen molar-refractivity contribution in [2.24, 2.45) is 0 Å². The van der Waals surface area contributed by atoms with E-state index < -0.39 is 0 Å². The summed E-state index contributed by atoms with van der Waals surface area (Å²) in [6, 6.07) is 10.1. The van der Waals surface area contributed by atoms with E-state index in [1.54, 1.807) is 13.1 Å². The number of Topliss-reactive ketones (excluding diaryl/α,β-unsaturated/α-hetero) is 1. The highest BCUT2D eigenvalue weighted by atomic mass is 16.1. The number of ketones is 1. The number of hydrogen-bond acceptors (Lipinski definition) is 2. The van der Waals surface area contributed by atoms with E-state index in [1.165, 1.54) is 5.56 Å². The minimum absolute atomic E-state index is 0.0338. The van der Waals surface area contributed by atoms with E-state index in [1.807, 2.05) is 28.7 Å². The Morgan fingerprint density at radius 1 is 1.29 bits per heavy atom. The highest BCUT2D eigenvalue weighted by molar-refractivity contribution is 5.96. The summed E-state index contributed by atoms with van der Waals surface area (Å²) >= 11 is 0. The first kappa shape index (κ1) is 10.0. The van der Waals surface area contributed by atoms with Crippen LogP contribution < -0.4 is 0 Å². The lowest BCUT2D eigenvalue weighted by Gasteiger charge is -2.07. The van der Waals surface area contributed by atoms with Gasteiger partial charge in [-0.15, -0.1) is 0 Å². The topological polar surface area (TPSA) is 34.4 Å². The molecule has 0 amide bonds. The summed E-state index contributed by atoms with van der Waals surface area (Å²) in [5, 5.41) is 1.15. The molecule has 0 radical (unpaired) electrons. The average Bonchev–Trinajstić information content (AvgIpc) is 2.73. The summed E-state index contributed by atoms with van der Waals surface area (Å²) in [6.45, 7) is 3.63. The van der Waals surface area contributed by atoms with E-state index in [-0.39, 0.29) is 5.78 Å². The van der Waals surface area contributed by atoms with Gasteiger partial charge in [-0.3, -0.25) is 9.20 Å². The van der Waals surface area contributed by atoms with Crippen LogP contribution in [0.2, 0.25) is 0 Å². The number of rotatable bonds is 1. The van der Waals surface area contributed by atoms with Crippen molar-refractivity contribution in [3.05, 3.63) is 47.8 Å². The van der Waals surface area contributed by atoms with Crippen molar-refractivity contribution in [1.82, 2.24) is 9.38 Å². The molecule has 0 aliphatic heterocycles. The number of para-hydroxylation sites is 1. The molecule has 0 atom stereocenters. The third kappa shape index (κ3) is 1.35. The summed E-state index contributed by atoms with van der Waals surface area (Å²) in [5.41, 5.74) is 3.67. The maximum absolute atomic E-state index is 11.6. The van der Waals surface area contributed by atoms with Crippen molar-refractivity contribution in [3.63, 3.8) is 0 Å². The van der Waals surface area contributed by atoms with Gasteiger partial charge in [0, 0.05) is 12.3 Å². The summed E-state index contributed by atoms with van der Waals surface area (Å²) in [5.74, 6) is 0.0338. The Morgan fingerprint density at radius 3 is 2.82 bits per heavy atom. The maximum Gasteiger partial charge on any atom is 0.178 e. The molecular formula is C14H12N2O. The van der Waals surface area contributed by atoms with E-state index in [2.05, 4.69) is 18.0 Å². The van der Waals surface area contributed by atoms with Gasteiger partial charge in [-0.05, 0) is 24.6 Å². The van der Waals surface area contributed by atoms with Gasteiger partial charge in [-0.2, -0.15) is 0 Å². The van der Waals surface area contributed by atoms with Gasteiger partial charge in [-0.1, -0.05) is 18.2 Å². The van der Waals surface area contributed by atoms with Crippen molar-refractivity contribution in [1.29, 1.82) is 0 Å². The number of imidazole rings is 1. The lowest BCUT2D eigenvalue weighted by molar-refractivity contribution is 0.101. The average molecular weight is 224 g/mol. The molecule has 0 N–H and O–H groups in total. The number of fused-ring (bicyclic) bond motifs is 3. The first-order chi connectivity index (χ1) is 8.18. The van der Waals surface area contributed by atoms with Crippen LogP contribution in [0, 0.1) is 6.92 Å². The van der Waals surface area contributed by atoms with E-state index in [4.69, 9.17) is 0 Å². The molecule has 0 unspecified atom stereocenters. The number of aryl methyl sites for hydroxylation is 1. The van der Waals surface area contributed by atoms with Crippen LogP contribution in [0.5, 0.6) is 0 Å². The minimum Gasteiger partial charge on any atom is -0.293 e. The summed E-state index contributed by atoms with van der Waals surface area (Å²) in [4.78, 5) is 15.9. The molecule has 0 aliphatic carbocycles. The molecule has 0 saturated carbocycles. The molecule has 0 spiro atoms. The second-order valence-electron chi connectivity index (χ2n) is 4.24. The fourth-order valence-corrected chi connectivity index (χ4v) is 2.24. The van der Waals surface area contributed by atoms with Crippen molar-refractivity contribution >= 4 is 22.3 Å². The van der Waals surface area contributed by atoms with Gasteiger partial charge in [-0.25, -0.2) is 4.98 Å². The van der Waals surface area contributed by atoms with Crippen molar-refractivity contribution < 1.29 is 4.79 Å². The van der Waals surface area contributed by atoms with Crippen molar-refractivity contribution in [2.45, 2.75) is 13.8 Å². The van der Waals surface area contributed by atoms with Crippen LogP contribution in [-0.2, 0) is 0 Å². The van der Waals surface area contributed by atoms with Gasteiger partial charge in [0.1, 0.15) is 11.3 Å². The zero-order valence-corrected chi connectivity index (χ0v) is 9.77. The predicted octanol–water partition coefficient (Wildman–Crippen LogP) is 3.00. The van der Waals surface area contributed by atoms with E-state index in [9.17, 15) is 4.79 Å². The third-order valence-electron chi connectivity index (χ3n) is 3.07. The number of aromatic nitrogens is 2. The Hall–Kier alpha value is -2.16. The molecule has 3 rings (SSSR count). The van der Waals surface area contributed by atoms with E-state index in [0.29, 0.717) is 5.69 Å². The molecule has 3 aromatic rings. The SMILES string of the molecule is CC(=O)c1cnc2cc(C)c3ccccc3n12. The molecule has 0 bridgehead atoms. The van der Waals surface area contributed by atoms with Crippen LogP contribution in [0.25, 0.3) is 16.6 Å². The van der Waals surface area contributed by atoms with Crippen LogP contribution in [0.1, 0.15) is 23.0 Å². The Kier molecular flexibility index (Phi) is 2.01. The number of benzene rings is 1. The van der Waals surface area contributed by atoms with E-state index >= 15 is 0 Å². The molecule has 2 aromatic heterocycles. The van der Waals surface area contributed by atoms with Crippen LogP contribution >= 0.6 is 0 Å². The normalized spacial score (nSPS) is 11.2. The molecule has 84 valence electrons. The second-order valence-corrected chi connectivity index (χ2v) is 4.24. The van der Waals surface area contributed by atoms with Crippen LogP contribution in [0.15, 0.2) is 36.5 Å². The van der Waals surface area contributed by atoms with Gasteiger partial charge >= 0.3 is 0 Å². The molecule has 0 fully saturated rings.